The number of unbranched alkanes of at least 4 members (excludes halogenated alkanes) is 3. The zero-order chi connectivity index (χ0) is 34.5. The monoisotopic (exact) mass is 631 g/mol. The van der Waals surface area contributed by atoms with E-state index in [2.05, 4.69) is 115 Å². The lowest BCUT2D eigenvalue weighted by Gasteiger charge is -2.17. The Morgan fingerprint density at radius 2 is 0.727 bits per heavy atom. The van der Waals surface area contributed by atoms with Gasteiger partial charge in [0.05, 0.1) is 0 Å². The summed E-state index contributed by atoms with van der Waals surface area (Å²) < 4.78 is 0. The van der Waals surface area contributed by atoms with Gasteiger partial charge in [-0.15, -0.1) is 0 Å². The zero-order valence-electron chi connectivity index (χ0n) is 32.0. The molecule has 0 rings (SSSR count). The van der Waals surface area contributed by atoms with Crippen molar-refractivity contribution in [1.82, 2.24) is 31.9 Å². The molecule has 0 heterocycles. The van der Waals surface area contributed by atoms with Crippen LogP contribution in [-0.4, -0.2) is 85.1 Å². The Morgan fingerprint density at radius 3 is 0.977 bits per heavy atom. The molecule has 0 aliphatic carbocycles. The quantitative estimate of drug-likeness (QED) is 0.0560. The van der Waals surface area contributed by atoms with Crippen molar-refractivity contribution in [3.8, 4) is 0 Å². The summed E-state index contributed by atoms with van der Waals surface area (Å²) in [6, 6.07) is 4.11. The third-order valence-electron chi connectivity index (χ3n) is 6.77. The molecular formula is C36H82N6O2. The molecule has 0 bridgehead atoms. The summed E-state index contributed by atoms with van der Waals surface area (Å²) in [6.07, 6.45) is 10.5. The van der Waals surface area contributed by atoms with Crippen LogP contribution in [0, 0.1) is 0 Å². The highest BCUT2D eigenvalue weighted by molar-refractivity contribution is 5.73. The van der Waals surface area contributed by atoms with E-state index in [1.54, 1.807) is 0 Å². The van der Waals surface area contributed by atoms with Gasteiger partial charge in [0.25, 0.3) is 0 Å². The predicted octanol–water partition coefficient (Wildman–Crippen LogP) is 6.69. The smallest absolute Gasteiger partial charge is 0.320 e. The van der Waals surface area contributed by atoms with Gasteiger partial charge in [-0.05, 0) is 72.0 Å². The Bertz CT molecular complexity index is 569. The third kappa shape index (κ3) is 43.4. The van der Waals surface area contributed by atoms with E-state index in [0.717, 1.165) is 32.5 Å². The number of carboxylic acid groups (broad SMARTS) is 1. The van der Waals surface area contributed by atoms with Crippen LogP contribution in [-0.2, 0) is 4.79 Å². The fourth-order valence-electron chi connectivity index (χ4n) is 4.78. The van der Waals surface area contributed by atoms with Crippen molar-refractivity contribution in [2.45, 2.75) is 209 Å². The third-order valence-corrected chi connectivity index (χ3v) is 6.77. The van der Waals surface area contributed by atoms with Gasteiger partial charge in [-0.1, -0.05) is 102 Å². The first kappa shape index (κ1) is 47.6. The standard InChI is InChI=1S/C12H26N2O2.2C12H28N2/c1-9(2)13-8-6-5-7-11(12(15)16)14-10(3)4;2*1-10(2)13-9-7-6-8-12(5)14-11(3)4/h9-11,13-14H,5-8H2,1-4H3,(H,15,16);2*10-14H,6-9H2,1-5H3. The number of aliphatic carboxylic acids is 1. The van der Waals surface area contributed by atoms with Crippen LogP contribution in [0.4, 0.5) is 0 Å². The van der Waals surface area contributed by atoms with Gasteiger partial charge >= 0.3 is 5.97 Å². The lowest BCUT2D eigenvalue weighted by Crippen LogP contribution is -2.40. The van der Waals surface area contributed by atoms with Crippen molar-refractivity contribution in [3.05, 3.63) is 0 Å². The first-order valence-electron chi connectivity index (χ1n) is 18.2. The van der Waals surface area contributed by atoms with Crippen LogP contribution in [0.1, 0.15) is 155 Å². The van der Waals surface area contributed by atoms with E-state index in [9.17, 15) is 4.79 Å². The molecule has 0 aliphatic rings. The summed E-state index contributed by atoms with van der Waals surface area (Å²) in [5, 5.41) is 29.3. The molecule has 268 valence electrons. The molecule has 0 spiro atoms. The molecule has 0 aromatic rings. The number of rotatable bonds is 25. The Labute approximate surface area is 276 Å². The summed E-state index contributed by atoms with van der Waals surface area (Å²) in [5.41, 5.74) is 0. The maximum absolute atomic E-state index is 10.9. The van der Waals surface area contributed by atoms with E-state index >= 15 is 0 Å². The molecule has 0 aromatic carbocycles. The van der Waals surface area contributed by atoms with Gasteiger partial charge in [-0.2, -0.15) is 0 Å². The van der Waals surface area contributed by atoms with Crippen molar-refractivity contribution in [2.24, 2.45) is 0 Å². The van der Waals surface area contributed by atoms with Crippen LogP contribution in [0.25, 0.3) is 0 Å². The number of hydrogen-bond donors (Lipinski definition) is 7. The molecule has 0 saturated heterocycles. The average Bonchev–Trinajstić information content (AvgIpc) is 2.86. The first-order chi connectivity index (χ1) is 20.5. The van der Waals surface area contributed by atoms with E-state index in [1.165, 1.54) is 38.5 Å². The Kier molecular flexibility index (Phi) is 34.8. The highest BCUT2D eigenvalue weighted by Gasteiger charge is 2.17. The summed E-state index contributed by atoms with van der Waals surface area (Å²) in [5.74, 6) is -0.745. The van der Waals surface area contributed by atoms with E-state index in [-0.39, 0.29) is 6.04 Å². The van der Waals surface area contributed by atoms with Crippen LogP contribution >= 0.6 is 0 Å². The van der Waals surface area contributed by atoms with Crippen LogP contribution in [0.3, 0.4) is 0 Å². The number of hydrogen-bond acceptors (Lipinski definition) is 7. The molecule has 3 atom stereocenters. The number of carbonyl (C=O) groups is 1. The van der Waals surface area contributed by atoms with Crippen molar-refractivity contribution in [2.75, 3.05) is 19.6 Å². The number of nitrogens with one attached hydrogen (secondary N) is 6. The molecule has 3 unspecified atom stereocenters. The highest BCUT2D eigenvalue weighted by atomic mass is 16.4. The summed E-state index contributed by atoms with van der Waals surface area (Å²) in [6.45, 7) is 33.6. The van der Waals surface area contributed by atoms with Crippen LogP contribution in [0.15, 0.2) is 0 Å². The molecule has 0 saturated carbocycles. The molecule has 8 nitrogen and oxygen atoms in total. The lowest BCUT2D eigenvalue weighted by molar-refractivity contribution is -0.139. The summed E-state index contributed by atoms with van der Waals surface area (Å²) in [7, 11) is 0. The highest BCUT2D eigenvalue weighted by Crippen LogP contribution is 2.03. The molecule has 8 heteroatoms. The minimum atomic E-state index is -0.745. The molecule has 44 heavy (non-hydrogen) atoms. The van der Waals surface area contributed by atoms with Gasteiger partial charge in [0.1, 0.15) is 6.04 Å². The Balaban J connectivity index is -0.000000575. The van der Waals surface area contributed by atoms with Crippen molar-refractivity contribution >= 4 is 5.97 Å². The van der Waals surface area contributed by atoms with Gasteiger partial charge < -0.3 is 37.0 Å². The summed E-state index contributed by atoms with van der Waals surface area (Å²) >= 11 is 0. The minimum absolute atomic E-state index is 0.217. The minimum Gasteiger partial charge on any atom is -0.480 e. The average molecular weight is 631 g/mol. The van der Waals surface area contributed by atoms with Crippen LogP contribution in [0.2, 0.25) is 0 Å². The SMILES string of the molecule is CC(C)NCCCCC(C)NC(C)C.CC(C)NCCCCC(C)NC(C)C.CC(C)NCCCCC(NC(C)C)C(=O)O. The molecule has 7 N–H and O–H groups in total. The van der Waals surface area contributed by atoms with E-state index in [4.69, 9.17) is 5.11 Å². The van der Waals surface area contributed by atoms with Gasteiger partial charge in [-0.25, -0.2) is 0 Å². The second-order valence-electron chi connectivity index (χ2n) is 14.5. The first-order valence-corrected chi connectivity index (χ1v) is 18.2. The predicted molar refractivity (Wildman–Crippen MR) is 196 cm³/mol. The number of carboxylic acids is 1. The van der Waals surface area contributed by atoms with E-state index < -0.39 is 12.0 Å². The fourth-order valence-corrected chi connectivity index (χ4v) is 4.78. The summed E-state index contributed by atoms with van der Waals surface area (Å²) in [4.78, 5) is 10.9. The molecule has 0 aliphatic heterocycles. The van der Waals surface area contributed by atoms with Crippen LogP contribution < -0.4 is 31.9 Å². The molecule has 0 aromatic heterocycles. The largest absolute Gasteiger partial charge is 0.480 e. The second-order valence-corrected chi connectivity index (χ2v) is 14.5. The molecule has 0 fully saturated rings. The molecular weight excluding hydrogens is 548 g/mol. The van der Waals surface area contributed by atoms with E-state index in [1.807, 2.05) is 13.8 Å². The lowest BCUT2D eigenvalue weighted by atomic mass is 10.1. The maximum atomic E-state index is 10.9. The van der Waals surface area contributed by atoms with Crippen molar-refractivity contribution < 1.29 is 9.90 Å². The van der Waals surface area contributed by atoms with Gasteiger partial charge in [-0.3, -0.25) is 4.79 Å². The van der Waals surface area contributed by atoms with Crippen molar-refractivity contribution in [3.63, 3.8) is 0 Å². The van der Waals surface area contributed by atoms with Crippen molar-refractivity contribution in [1.29, 1.82) is 0 Å². The van der Waals surface area contributed by atoms with Gasteiger partial charge in [0.15, 0.2) is 0 Å². The fraction of sp³-hybridized carbons (Fsp3) is 0.972. The zero-order valence-corrected chi connectivity index (χ0v) is 32.0. The second kappa shape index (κ2) is 32.2. The van der Waals surface area contributed by atoms with Gasteiger partial charge in [0, 0.05) is 48.3 Å². The normalized spacial score (nSPS) is 13.7. The molecule has 0 amide bonds. The topological polar surface area (TPSA) is 109 Å². The molecule has 0 radical (unpaired) electrons. The Hall–Kier alpha value is -0.770. The van der Waals surface area contributed by atoms with Crippen LogP contribution in [0.5, 0.6) is 0 Å². The maximum Gasteiger partial charge on any atom is 0.320 e. The van der Waals surface area contributed by atoms with E-state index in [0.29, 0.717) is 48.7 Å². The van der Waals surface area contributed by atoms with Gasteiger partial charge in [0.2, 0.25) is 0 Å². The Morgan fingerprint density at radius 1 is 0.432 bits per heavy atom.